The van der Waals surface area contributed by atoms with Gasteiger partial charge < -0.3 is 19.8 Å². The molecule has 1 aliphatic heterocycles. The second-order valence-corrected chi connectivity index (χ2v) is 6.88. The molecule has 0 radical (unpaired) electrons. The number of benzene rings is 1. The lowest BCUT2D eigenvalue weighted by Gasteiger charge is -2.26. The van der Waals surface area contributed by atoms with Crippen LogP contribution in [0.2, 0.25) is 0 Å². The van der Waals surface area contributed by atoms with Gasteiger partial charge in [0.1, 0.15) is 5.75 Å². The Morgan fingerprint density at radius 1 is 1.04 bits per heavy atom. The summed E-state index contributed by atoms with van der Waals surface area (Å²) < 4.78 is 10.7. The van der Waals surface area contributed by atoms with Crippen molar-refractivity contribution in [2.75, 3.05) is 11.9 Å². The van der Waals surface area contributed by atoms with Gasteiger partial charge in [-0.25, -0.2) is 0 Å². The maximum Gasteiger partial charge on any atom is 0.291 e. The highest BCUT2D eigenvalue weighted by molar-refractivity contribution is 7.18. The highest BCUT2D eigenvalue weighted by Gasteiger charge is 2.23. The van der Waals surface area contributed by atoms with Gasteiger partial charge in [0, 0.05) is 12.0 Å². The molecule has 0 unspecified atom stereocenters. The lowest BCUT2D eigenvalue weighted by molar-refractivity contribution is 0.0928. The largest absolute Gasteiger partial charge is 0.493 e. The van der Waals surface area contributed by atoms with Crippen LogP contribution in [0.4, 0.5) is 5.00 Å². The fourth-order valence-electron chi connectivity index (χ4n) is 2.83. The Morgan fingerprint density at radius 3 is 2.77 bits per heavy atom. The normalized spacial score (nSPS) is 15.6. The number of furan rings is 1. The first-order chi connectivity index (χ1) is 12.7. The lowest BCUT2D eigenvalue weighted by atomic mass is 10.0. The van der Waals surface area contributed by atoms with E-state index in [9.17, 15) is 9.59 Å². The van der Waals surface area contributed by atoms with Crippen molar-refractivity contribution in [2.45, 2.75) is 12.5 Å². The first kappa shape index (κ1) is 16.4. The van der Waals surface area contributed by atoms with Crippen molar-refractivity contribution in [1.29, 1.82) is 0 Å². The molecule has 6 nitrogen and oxygen atoms in total. The molecule has 0 saturated heterocycles. The number of carbonyl (C=O) groups excluding carboxylic acids is 2. The van der Waals surface area contributed by atoms with E-state index in [0.29, 0.717) is 16.5 Å². The number of amides is 2. The van der Waals surface area contributed by atoms with Crippen LogP contribution in [0.15, 0.2) is 59.2 Å². The Labute approximate surface area is 153 Å². The molecule has 2 amide bonds. The van der Waals surface area contributed by atoms with Crippen LogP contribution in [0.5, 0.6) is 5.75 Å². The number of hydrogen-bond acceptors (Lipinski definition) is 5. The van der Waals surface area contributed by atoms with Gasteiger partial charge in [0.2, 0.25) is 0 Å². The number of thiophene rings is 1. The molecule has 3 aromatic rings. The number of anilines is 1. The second kappa shape index (κ2) is 7.05. The number of rotatable bonds is 4. The number of fused-ring (bicyclic) bond motifs is 1. The molecule has 1 atom stereocenters. The van der Waals surface area contributed by atoms with Crippen molar-refractivity contribution in [3.8, 4) is 5.75 Å². The van der Waals surface area contributed by atoms with Crippen molar-refractivity contribution < 1.29 is 18.7 Å². The fraction of sp³-hybridized carbons (Fsp3) is 0.158. The third-order valence-electron chi connectivity index (χ3n) is 4.08. The van der Waals surface area contributed by atoms with Gasteiger partial charge in [0.05, 0.1) is 28.8 Å². The summed E-state index contributed by atoms with van der Waals surface area (Å²) in [5.41, 5.74) is 0.981. The van der Waals surface area contributed by atoms with E-state index in [1.54, 1.807) is 24.3 Å². The topological polar surface area (TPSA) is 80.6 Å². The van der Waals surface area contributed by atoms with Crippen molar-refractivity contribution in [3.63, 3.8) is 0 Å². The predicted octanol–water partition coefficient (Wildman–Crippen LogP) is 3.85. The molecular formula is C19H16N2O4S. The quantitative estimate of drug-likeness (QED) is 0.733. The predicted molar refractivity (Wildman–Crippen MR) is 97.7 cm³/mol. The highest BCUT2D eigenvalue weighted by atomic mass is 32.1. The lowest BCUT2D eigenvalue weighted by Crippen LogP contribution is -2.31. The molecule has 2 N–H and O–H groups in total. The molecule has 0 saturated carbocycles. The SMILES string of the molecule is O=C(Nc1ccc(C(=O)N[C@H]2CCOc3ccccc32)s1)c1ccco1. The van der Waals surface area contributed by atoms with Gasteiger partial charge in [-0.3, -0.25) is 9.59 Å². The monoisotopic (exact) mass is 368 g/mol. The highest BCUT2D eigenvalue weighted by Crippen LogP contribution is 2.32. The van der Waals surface area contributed by atoms with Crippen LogP contribution in [0.1, 0.15) is 38.3 Å². The van der Waals surface area contributed by atoms with Crippen LogP contribution in [-0.4, -0.2) is 18.4 Å². The van der Waals surface area contributed by atoms with E-state index < -0.39 is 0 Å². The minimum absolute atomic E-state index is 0.0873. The van der Waals surface area contributed by atoms with Crippen LogP contribution in [-0.2, 0) is 0 Å². The first-order valence-corrected chi connectivity index (χ1v) is 8.99. The summed E-state index contributed by atoms with van der Waals surface area (Å²) in [7, 11) is 0. The number of ether oxygens (including phenoxy) is 1. The zero-order chi connectivity index (χ0) is 17.9. The summed E-state index contributed by atoms with van der Waals surface area (Å²) in [5.74, 6) is 0.516. The van der Waals surface area contributed by atoms with Crippen LogP contribution in [0, 0.1) is 0 Å². The summed E-state index contributed by atoms with van der Waals surface area (Å²) in [6.07, 6.45) is 2.16. The van der Waals surface area contributed by atoms with E-state index in [0.717, 1.165) is 17.7 Å². The van der Waals surface area contributed by atoms with E-state index in [-0.39, 0.29) is 23.6 Å². The van der Waals surface area contributed by atoms with Gasteiger partial charge in [-0.1, -0.05) is 18.2 Å². The summed E-state index contributed by atoms with van der Waals surface area (Å²) >= 11 is 1.22. The number of nitrogens with one attached hydrogen (secondary N) is 2. The van der Waals surface area contributed by atoms with E-state index in [2.05, 4.69) is 10.6 Å². The van der Waals surface area contributed by atoms with Gasteiger partial charge in [0.25, 0.3) is 11.8 Å². The van der Waals surface area contributed by atoms with E-state index in [1.165, 1.54) is 17.6 Å². The molecule has 0 spiro atoms. The number of hydrogen-bond donors (Lipinski definition) is 2. The van der Waals surface area contributed by atoms with Crippen molar-refractivity contribution in [2.24, 2.45) is 0 Å². The molecule has 0 bridgehead atoms. The molecule has 26 heavy (non-hydrogen) atoms. The summed E-state index contributed by atoms with van der Waals surface area (Å²) in [6.45, 7) is 0.566. The molecule has 0 aliphatic carbocycles. The fourth-order valence-corrected chi connectivity index (χ4v) is 3.63. The number of para-hydroxylation sites is 1. The van der Waals surface area contributed by atoms with Crippen molar-refractivity contribution in [3.05, 3.63) is 71.0 Å². The van der Waals surface area contributed by atoms with Crippen LogP contribution in [0.3, 0.4) is 0 Å². The number of carbonyl (C=O) groups is 2. The molecule has 3 heterocycles. The average Bonchev–Trinajstić information content (AvgIpc) is 3.34. The minimum Gasteiger partial charge on any atom is -0.493 e. The summed E-state index contributed by atoms with van der Waals surface area (Å²) in [4.78, 5) is 25.1. The zero-order valence-corrected chi connectivity index (χ0v) is 14.5. The van der Waals surface area contributed by atoms with Crippen LogP contribution < -0.4 is 15.4 Å². The Bertz CT molecular complexity index is 933. The maximum atomic E-state index is 12.6. The Morgan fingerprint density at radius 2 is 1.92 bits per heavy atom. The van der Waals surface area contributed by atoms with Gasteiger partial charge in [-0.15, -0.1) is 11.3 Å². The molecule has 4 rings (SSSR count). The van der Waals surface area contributed by atoms with Gasteiger partial charge >= 0.3 is 0 Å². The molecule has 1 aliphatic rings. The van der Waals surface area contributed by atoms with E-state index >= 15 is 0 Å². The molecular weight excluding hydrogens is 352 g/mol. The Balaban J connectivity index is 1.43. The Kier molecular flexibility index (Phi) is 4.45. The van der Waals surface area contributed by atoms with Crippen LogP contribution >= 0.6 is 11.3 Å². The Hall–Kier alpha value is -3.06. The molecule has 0 fully saturated rings. The van der Waals surface area contributed by atoms with Crippen LogP contribution in [0.25, 0.3) is 0 Å². The second-order valence-electron chi connectivity index (χ2n) is 5.80. The van der Waals surface area contributed by atoms with Crippen molar-refractivity contribution in [1.82, 2.24) is 5.32 Å². The first-order valence-electron chi connectivity index (χ1n) is 8.18. The summed E-state index contributed by atoms with van der Waals surface area (Å²) in [5, 5.41) is 6.36. The van der Waals surface area contributed by atoms with Gasteiger partial charge in [-0.2, -0.15) is 0 Å². The molecule has 132 valence electrons. The summed E-state index contributed by atoms with van der Waals surface area (Å²) in [6, 6.07) is 14.3. The van der Waals surface area contributed by atoms with Gasteiger partial charge in [-0.05, 0) is 30.3 Å². The minimum atomic E-state index is -0.345. The third-order valence-corrected chi connectivity index (χ3v) is 5.07. The maximum absolute atomic E-state index is 12.6. The molecule has 7 heteroatoms. The smallest absolute Gasteiger partial charge is 0.291 e. The third kappa shape index (κ3) is 3.34. The average molecular weight is 368 g/mol. The van der Waals surface area contributed by atoms with Gasteiger partial charge in [0.15, 0.2) is 5.76 Å². The molecule has 1 aromatic carbocycles. The van der Waals surface area contributed by atoms with E-state index in [4.69, 9.17) is 9.15 Å². The standard InChI is InChI=1S/C19H16N2O4S/c22-18(15-6-3-10-24-15)21-17-8-7-16(26-17)19(23)20-13-9-11-25-14-5-2-1-4-12(13)14/h1-8,10,13H,9,11H2,(H,20,23)(H,21,22)/t13-/m0/s1. The zero-order valence-electron chi connectivity index (χ0n) is 13.7. The van der Waals surface area contributed by atoms with Crippen molar-refractivity contribution >= 4 is 28.2 Å². The van der Waals surface area contributed by atoms with E-state index in [1.807, 2.05) is 24.3 Å². The molecule has 2 aromatic heterocycles.